The van der Waals surface area contributed by atoms with Gasteiger partial charge in [-0.3, -0.25) is 24.3 Å². The van der Waals surface area contributed by atoms with Gasteiger partial charge in [0.05, 0.1) is 22.4 Å². The van der Waals surface area contributed by atoms with Crippen LogP contribution in [0.4, 0.5) is 5.82 Å². The number of esters is 1. The largest absolute Gasteiger partial charge is 0.423 e. The van der Waals surface area contributed by atoms with Gasteiger partial charge in [0, 0.05) is 6.07 Å². The fourth-order valence-electron chi connectivity index (χ4n) is 3.14. The van der Waals surface area contributed by atoms with E-state index in [1.54, 1.807) is 36.4 Å². The molecule has 4 rings (SSSR count). The third-order valence-electron chi connectivity index (χ3n) is 4.55. The summed E-state index contributed by atoms with van der Waals surface area (Å²) in [6, 6.07) is 14.1. The summed E-state index contributed by atoms with van der Waals surface area (Å²) in [6.07, 6.45) is 0. The van der Waals surface area contributed by atoms with Crippen LogP contribution in [0.2, 0.25) is 0 Å². The van der Waals surface area contributed by atoms with Gasteiger partial charge in [-0.05, 0) is 31.2 Å². The predicted molar refractivity (Wildman–Crippen MR) is 104 cm³/mol. The highest BCUT2D eigenvalue weighted by atomic mass is 16.5. The topological polar surface area (TPSA) is 120 Å². The minimum atomic E-state index is -0.698. The highest BCUT2D eigenvalue weighted by Gasteiger charge is 2.32. The number of ether oxygens (including phenoxy) is 1. The summed E-state index contributed by atoms with van der Waals surface area (Å²) in [5, 5.41) is 2.10. The Morgan fingerprint density at radius 3 is 2.41 bits per heavy atom. The minimum absolute atomic E-state index is 0.0755. The van der Waals surface area contributed by atoms with Gasteiger partial charge >= 0.3 is 5.97 Å². The number of benzene rings is 2. The van der Waals surface area contributed by atoms with Crippen molar-refractivity contribution in [2.24, 2.45) is 0 Å². The number of para-hydroxylation sites is 1. The van der Waals surface area contributed by atoms with Crippen molar-refractivity contribution in [3.63, 3.8) is 0 Å². The van der Waals surface area contributed by atoms with E-state index >= 15 is 0 Å². The molecule has 3 aromatic rings. The molecule has 0 atom stereocenters. The van der Waals surface area contributed by atoms with Crippen LogP contribution in [0, 0.1) is 6.92 Å². The fraction of sp³-hybridized carbons (Fsp3) is 0.0476. The SMILES string of the molecule is Cc1ccc(OC(=O)c2ccccc2-n2c(N)c3c(cc2=O)C(=O)NC3=O)cc1. The van der Waals surface area contributed by atoms with Crippen molar-refractivity contribution in [2.45, 2.75) is 6.92 Å². The van der Waals surface area contributed by atoms with Crippen LogP contribution in [0.5, 0.6) is 5.75 Å². The lowest BCUT2D eigenvalue weighted by molar-refractivity contribution is 0.0733. The lowest BCUT2D eigenvalue weighted by Gasteiger charge is -2.15. The number of carbonyl (C=O) groups excluding carboxylic acids is 3. The van der Waals surface area contributed by atoms with E-state index in [4.69, 9.17) is 10.5 Å². The molecule has 29 heavy (non-hydrogen) atoms. The molecule has 0 unspecified atom stereocenters. The molecule has 8 nitrogen and oxygen atoms in total. The van der Waals surface area contributed by atoms with E-state index < -0.39 is 23.3 Å². The quantitative estimate of drug-likeness (QED) is 0.401. The minimum Gasteiger partial charge on any atom is -0.423 e. The maximum absolute atomic E-state index is 12.8. The molecule has 0 saturated heterocycles. The molecule has 144 valence electrons. The highest BCUT2D eigenvalue weighted by molar-refractivity contribution is 6.23. The Balaban J connectivity index is 1.82. The first-order valence-electron chi connectivity index (χ1n) is 8.66. The Hall–Kier alpha value is -4.20. The van der Waals surface area contributed by atoms with Crippen LogP contribution in [-0.4, -0.2) is 22.4 Å². The van der Waals surface area contributed by atoms with Crippen LogP contribution in [0.3, 0.4) is 0 Å². The number of rotatable bonds is 3. The van der Waals surface area contributed by atoms with Crippen LogP contribution >= 0.6 is 0 Å². The molecular formula is C21H15N3O5. The van der Waals surface area contributed by atoms with Gasteiger partial charge in [0.25, 0.3) is 17.4 Å². The van der Waals surface area contributed by atoms with Crippen molar-refractivity contribution in [3.8, 4) is 11.4 Å². The van der Waals surface area contributed by atoms with Crippen molar-refractivity contribution >= 4 is 23.6 Å². The Labute approximate surface area is 164 Å². The molecule has 1 aromatic heterocycles. The molecule has 0 fully saturated rings. The Morgan fingerprint density at radius 2 is 1.69 bits per heavy atom. The molecule has 0 aliphatic carbocycles. The molecule has 8 heteroatoms. The Kier molecular flexibility index (Phi) is 4.23. The standard InChI is InChI=1S/C21H15N3O5/c1-11-6-8-12(9-7-11)29-21(28)13-4-2-3-5-15(13)24-16(25)10-14-17(18(24)22)20(27)23-19(14)26/h2-10H,22H2,1H3,(H,23,26,27). The van der Waals surface area contributed by atoms with Gasteiger partial charge in [0.2, 0.25) is 0 Å². The second-order valence-electron chi connectivity index (χ2n) is 6.49. The van der Waals surface area contributed by atoms with E-state index in [0.29, 0.717) is 5.75 Å². The molecular weight excluding hydrogens is 374 g/mol. The van der Waals surface area contributed by atoms with E-state index in [-0.39, 0.29) is 28.2 Å². The van der Waals surface area contributed by atoms with Crippen LogP contribution in [0.1, 0.15) is 36.6 Å². The van der Waals surface area contributed by atoms with Crippen molar-refractivity contribution in [2.75, 3.05) is 5.73 Å². The summed E-state index contributed by atoms with van der Waals surface area (Å²) >= 11 is 0. The van der Waals surface area contributed by atoms with Crippen LogP contribution < -0.4 is 21.3 Å². The maximum Gasteiger partial charge on any atom is 0.345 e. The van der Waals surface area contributed by atoms with E-state index in [0.717, 1.165) is 16.2 Å². The third-order valence-corrected chi connectivity index (χ3v) is 4.55. The number of pyridine rings is 1. The number of fused-ring (bicyclic) bond motifs is 1. The molecule has 2 aromatic carbocycles. The maximum atomic E-state index is 12.8. The smallest absolute Gasteiger partial charge is 0.345 e. The Bertz CT molecular complexity index is 1240. The second-order valence-corrected chi connectivity index (χ2v) is 6.49. The average molecular weight is 389 g/mol. The van der Waals surface area contributed by atoms with Gasteiger partial charge < -0.3 is 10.5 Å². The lowest BCUT2D eigenvalue weighted by Crippen LogP contribution is -2.26. The monoisotopic (exact) mass is 389 g/mol. The van der Waals surface area contributed by atoms with Gasteiger partial charge in [0.15, 0.2) is 0 Å². The van der Waals surface area contributed by atoms with Gasteiger partial charge in [-0.25, -0.2) is 4.79 Å². The zero-order valence-electron chi connectivity index (χ0n) is 15.3. The van der Waals surface area contributed by atoms with E-state index in [1.807, 2.05) is 6.92 Å². The number of nitrogens with two attached hydrogens (primary N) is 1. The first-order chi connectivity index (χ1) is 13.9. The molecule has 2 amide bonds. The number of hydrogen-bond donors (Lipinski definition) is 2. The number of nitrogens with zero attached hydrogens (tertiary/aromatic N) is 1. The van der Waals surface area contributed by atoms with Gasteiger partial charge in [-0.2, -0.15) is 0 Å². The molecule has 1 aliphatic heterocycles. The van der Waals surface area contributed by atoms with E-state index in [2.05, 4.69) is 5.32 Å². The molecule has 0 saturated carbocycles. The van der Waals surface area contributed by atoms with Crippen molar-refractivity contribution in [1.82, 2.24) is 9.88 Å². The number of aryl methyl sites for hydroxylation is 1. The van der Waals surface area contributed by atoms with Gasteiger partial charge in [0.1, 0.15) is 11.6 Å². The van der Waals surface area contributed by atoms with Crippen LogP contribution in [0.15, 0.2) is 59.4 Å². The molecule has 2 heterocycles. The molecule has 3 N–H and O–H groups in total. The Morgan fingerprint density at radius 1 is 1.00 bits per heavy atom. The van der Waals surface area contributed by atoms with Gasteiger partial charge in [-0.1, -0.05) is 29.8 Å². The van der Waals surface area contributed by atoms with Crippen molar-refractivity contribution in [3.05, 3.63) is 87.2 Å². The number of imide groups is 1. The zero-order valence-corrected chi connectivity index (χ0v) is 15.3. The average Bonchev–Trinajstić information content (AvgIpc) is 2.97. The fourth-order valence-corrected chi connectivity index (χ4v) is 3.14. The zero-order chi connectivity index (χ0) is 20.7. The number of nitrogens with one attached hydrogen (secondary N) is 1. The first kappa shape index (κ1) is 18.2. The van der Waals surface area contributed by atoms with Crippen LogP contribution in [0.25, 0.3) is 5.69 Å². The normalized spacial score (nSPS) is 12.4. The second kappa shape index (κ2) is 6.75. The number of aromatic nitrogens is 1. The van der Waals surface area contributed by atoms with Crippen molar-refractivity contribution in [1.29, 1.82) is 0 Å². The summed E-state index contributed by atoms with van der Waals surface area (Å²) in [7, 11) is 0. The third kappa shape index (κ3) is 3.06. The predicted octanol–water partition coefficient (Wildman–Crippen LogP) is 1.83. The summed E-state index contributed by atoms with van der Waals surface area (Å²) < 4.78 is 6.42. The lowest BCUT2D eigenvalue weighted by atomic mass is 10.1. The number of hydrogen-bond acceptors (Lipinski definition) is 6. The number of anilines is 1. The van der Waals surface area contributed by atoms with E-state index in [9.17, 15) is 19.2 Å². The molecule has 0 spiro atoms. The first-order valence-corrected chi connectivity index (χ1v) is 8.66. The molecule has 0 bridgehead atoms. The van der Waals surface area contributed by atoms with Gasteiger partial charge in [-0.15, -0.1) is 0 Å². The summed E-state index contributed by atoms with van der Waals surface area (Å²) in [6.45, 7) is 1.91. The van der Waals surface area contributed by atoms with Crippen molar-refractivity contribution < 1.29 is 19.1 Å². The number of carbonyl (C=O) groups is 3. The number of nitrogen functional groups attached to an aromatic ring is 1. The highest BCUT2D eigenvalue weighted by Crippen LogP contribution is 2.25. The number of amides is 2. The summed E-state index contributed by atoms with van der Waals surface area (Å²) in [5.41, 5.74) is 6.44. The van der Waals surface area contributed by atoms with Crippen LogP contribution in [-0.2, 0) is 0 Å². The summed E-state index contributed by atoms with van der Waals surface area (Å²) in [5.74, 6) is -1.97. The van der Waals surface area contributed by atoms with E-state index in [1.165, 1.54) is 12.1 Å². The summed E-state index contributed by atoms with van der Waals surface area (Å²) in [4.78, 5) is 49.3. The molecule has 1 aliphatic rings. The molecule has 0 radical (unpaired) electrons.